The Hall–Kier alpha value is -1.59. The Morgan fingerprint density at radius 3 is 2.81 bits per heavy atom. The molecule has 21 heavy (non-hydrogen) atoms. The zero-order chi connectivity index (χ0) is 14.9. The summed E-state index contributed by atoms with van der Waals surface area (Å²) < 4.78 is 16.2. The lowest BCUT2D eigenvalue weighted by Gasteiger charge is -2.11. The average Bonchev–Trinajstić information content (AvgIpc) is 3.03. The predicted octanol–water partition coefficient (Wildman–Crippen LogP) is 2.01. The molecule has 1 aromatic rings. The van der Waals surface area contributed by atoms with Gasteiger partial charge in [0.1, 0.15) is 12.4 Å². The first-order valence-electron chi connectivity index (χ1n) is 7.50. The van der Waals surface area contributed by atoms with E-state index in [1.165, 1.54) is 0 Å². The number of nitrogens with one attached hydrogen (secondary N) is 1. The summed E-state index contributed by atoms with van der Waals surface area (Å²) in [5, 5.41) is 2.90. The molecule has 0 saturated carbocycles. The topological polar surface area (TPSA) is 56.8 Å². The van der Waals surface area contributed by atoms with E-state index in [9.17, 15) is 4.79 Å². The van der Waals surface area contributed by atoms with Crippen LogP contribution in [0.4, 0.5) is 0 Å². The maximum Gasteiger partial charge on any atom is 0.251 e. The second kappa shape index (κ2) is 8.64. The first-order chi connectivity index (χ1) is 10.3. The minimum Gasteiger partial charge on any atom is -0.491 e. The van der Waals surface area contributed by atoms with Crippen molar-refractivity contribution in [3.8, 4) is 5.75 Å². The van der Waals surface area contributed by atoms with Crippen molar-refractivity contribution >= 4 is 5.91 Å². The van der Waals surface area contributed by atoms with Gasteiger partial charge in [-0.2, -0.15) is 0 Å². The summed E-state index contributed by atoms with van der Waals surface area (Å²) in [6.45, 7) is 5.09. The zero-order valence-electron chi connectivity index (χ0n) is 12.5. The van der Waals surface area contributed by atoms with Gasteiger partial charge in [-0.3, -0.25) is 4.79 Å². The van der Waals surface area contributed by atoms with Crippen molar-refractivity contribution in [1.82, 2.24) is 5.32 Å². The minimum absolute atomic E-state index is 0.0774. The fourth-order valence-electron chi connectivity index (χ4n) is 2.18. The Morgan fingerprint density at radius 1 is 1.33 bits per heavy atom. The number of rotatable bonds is 8. The molecule has 0 bridgehead atoms. The lowest BCUT2D eigenvalue weighted by molar-refractivity contribution is 0.0857. The molecule has 0 unspecified atom stereocenters. The van der Waals surface area contributed by atoms with Gasteiger partial charge in [0.25, 0.3) is 5.91 Å². The highest BCUT2D eigenvalue weighted by Gasteiger charge is 2.16. The third kappa shape index (κ3) is 5.36. The highest BCUT2D eigenvalue weighted by atomic mass is 16.5. The van der Waals surface area contributed by atoms with Crippen molar-refractivity contribution in [2.24, 2.45) is 0 Å². The molecule has 1 aromatic carbocycles. The lowest BCUT2D eigenvalue weighted by Crippen LogP contribution is -2.31. The van der Waals surface area contributed by atoms with Crippen LogP contribution >= 0.6 is 0 Å². The monoisotopic (exact) mass is 293 g/mol. The van der Waals surface area contributed by atoms with Gasteiger partial charge in [0.05, 0.1) is 12.7 Å². The van der Waals surface area contributed by atoms with Crippen LogP contribution in [0.25, 0.3) is 0 Å². The SMILES string of the molecule is CCOCCOc1ccc(C(=O)NC[C@@H]2CCCO2)cc1. The first kappa shape index (κ1) is 15.8. The van der Waals surface area contributed by atoms with Crippen molar-refractivity contribution in [2.45, 2.75) is 25.9 Å². The number of ether oxygens (including phenoxy) is 3. The Kier molecular flexibility index (Phi) is 6.50. The highest BCUT2D eigenvalue weighted by molar-refractivity contribution is 5.94. The quantitative estimate of drug-likeness (QED) is 0.745. The Morgan fingerprint density at radius 2 is 2.14 bits per heavy atom. The second-order valence-corrected chi connectivity index (χ2v) is 4.91. The molecule has 0 aromatic heterocycles. The lowest BCUT2D eigenvalue weighted by atomic mass is 10.2. The van der Waals surface area contributed by atoms with E-state index in [0.29, 0.717) is 31.9 Å². The van der Waals surface area contributed by atoms with Crippen molar-refractivity contribution in [1.29, 1.82) is 0 Å². The molecule has 116 valence electrons. The summed E-state index contributed by atoms with van der Waals surface area (Å²) in [6, 6.07) is 7.13. The summed E-state index contributed by atoms with van der Waals surface area (Å²) in [4.78, 5) is 12.0. The fraction of sp³-hybridized carbons (Fsp3) is 0.562. The van der Waals surface area contributed by atoms with Gasteiger partial charge in [0, 0.05) is 25.3 Å². The van der Waals surface area contributed by atoms with E-state index in [2.05, 4.69) is 5.32 Å². The smallest absolute Gasteiger partial charge is 0.251 e. The van der Waals surface area contributed by atoms with Gasteiger partial charge in [-0.05, 0) is 44.0 Å². The largest absolute Gasteiger partial charge is 0.491 e. The van der Waals surface area contributed by atoms with Gasteiger partial charge < -0.3 is 19.5 Å². The third-order valence-electron chi connectivity index (χ3n) is 3.33. The summed E-state index contributed by atoms with van der Waals surface area (Å²) in [6.07, 6.45) is 2.26. The molecular weight excluding hydrogens is 270 g/mol. The Labute approximate surface area is 125 Å². The maximum atomic E-state index is 12.0. The van der Waals surface area contributed by atoms with E-state index >= 15 is 0 Å². The van der Waals surface area contributed by atoms with Gasteiger partial charge in [0.15, 0.2) is 0 Å². The molecule has 1 atom stereocenters. The van der Waals surface area contributed by atoms with Crippen LogP contribution in [0.5, 0.6) is 5.75 Å². The van der Waals surface area contributed by atoms with Crippen molar-refractivity contribution in [2.75, 3.05) is 33.0 Å². The molecular formula is C16H23NO4. The molecule has 1 saturated heterocycles. The van der Waals surface area contributed by atoms with Crippen LogP contribution in [0.2, 0.25) is 0 Å². The molecule has 1 amide bonds. The predicted molar refractivity (Wildman–Crippen MR) is 79.7 cm³/mol. The average molecular weight is 293 g/mol. The fourth-order valence-corrected chi connectivity index (χ4v) is 2.18. The summed E-state index contributed by atoms with van der Waals surface area (Å²) in [5.41, 5.74) is 0.630. The normalized spacial score (nSPS) is 17.7. The van der Waals surface area contributed by atoms with Crippen LogP contribution in [0, 0.1) is 0 Å². The molecule has 0 spiro atoms. The van der Waals surface area contributed by atoms with Crippen LogP contribution in [0.15, 0.2) is 24.3 Å². The van der Waals surface area contributed by atoms with E-state index in [1.54, 1.807) is 24.3 Å². The first-order valence-corrected chi connectivity index (χ1v) is 7.50. The van der Waals surface area contributed by atoms with E-state index in [-0.39, 0.29) is 12.0 Å². The number of hydrogen-bond acceptors (Lipinski definition) is 4. The molecule has 1 aliphatic rings. The van der Waals surface area contributed by atoms with E-state index in [0.717, 1.165) is 25.2 Å². The molecule has 0 radical (unpaired) electrons. The van der Waals surface area contributed by atoms with Crippen LogP contribution < -0.4 is 10.1 Å². The standard InChI is InChI=1S/C16H23NO4/c1-2-19-10-11-21-14-7-5-13(6-8-14)16(18)17-12-15-4-3-9-20-15/h5-8,15H,2-4,9-12H2,1H3,(H,17,18)/t15-/m0/s1. The molecule has 5 heteroatoms. The highest BCUT2D eigenvalue weighted by Crippen LogP contribution is 2.13. The second-order valence-electron chi connectivity index (χ2n) is 4.91. The third-order valence-corrected chi connectivity index (χ3v) is 3.33. The number of benzene rings is 1. The number of carbonyl (C=O) groups excluding carboxylic acids is 1. The molecule has 1 heterocycles. The van der Waals surface area contributed by atoms with Crippen LogP contribution in [0.1, 0.15) is 30.1 Å². The summed E-state index contributed by atoms with van der Waals surface area (Å²) in [5.74, 6) is 0.664. The van der Waals surface area contributed by atoms with Crippen molar-refractivity contribution < 1.29 is 19.0 Å². The molecule has 0 aliphatic carbocycles. The number of carbonyl (C=O) groups is 1. The molecule has 5 nitrogen and oxygen atoms in total. The Bertz CT molecular complexity index is 426. The van der Waals surface area contributed by atoms with Crippen LogP contribution in [-0.4, -0.2) is 45.0 Å². The van der Waals surface area contributed by atoms with Gasteiger partial charge >= 0.3 is 0 Å². The summed E-state index contributed by atoms with van der Waals surface area (Å²) in [7, 11) is 0. The van der Waals surface area contributed by atoms with Crippen molar-refractivity contribution in [3.63, 3.8) is 0 Å². The van der Waals surface area contributed by atoms with E-state index < -0.39 is 0 Å². The maximum absolute atomic E-state index is 12.0. The van der Waals surface area contributed by atoms with Crippen LogP contribution in [-0.2, 0) is 9.47 Å². The van der Waals surface area contributed by atoms with Gasteiger partial charge in [-0.15, -0.1) is 0 Å². The molecule has 1 fully saturated rings. The minimum atomic E-state index is -0.0774. The van der Waals surface area contributed by atoms with E-state index in [4.69, 9.17) is 14.2 Å². The summed E-state index contributed by atoms with van der Waals surface area (Å²) >= 11 is 0. The van der Waals surface area contributed by atoms with Gasteiger partial charge in [-0.25, -0.2) is 0 Å². The molecule has 1 N–H and O–H groups in total. The van der Waals surface area contributed by atoms with E-state index in [1.807, 2.05) is 6.92 Å². The Balaban J connectivity index is 1.73. The number of hydrogen-bond donors (Lipinski definition) is 1. The number of amides is 1. The van der Waals surface area contributed by atoms with Crippen molar-refractivity contribution in [3.05, 3.63) is 29.8 Å². The zero-order valence-corrected chi connectivity index (χ0v) is 12.5. The van der Waals surface area contributed by atoms with Gasteiger partial charge in [-0.1, -0.05) is 0 Å². The molecule has 2 rings (SSSR count). The molecule has 1 aliphatic heterocycles. The van der Waals surface area contributed by atoms with Crippen LogP contribution in [0.3, 0.4) is 0 Å². The van der Waals surface area contributed by atoms with Gasteiger partial charge in [0.2, 0.25) is 0 Å².